The van der Waals surface area contributed by atoms with Crippen molar-refractivity contribution in [2.45, 2.75) is 17.9 Å². The van der Waals surface area contributed by atoms with Crippen molar-refractivity contribution in [1.29, 1.82) is 0 Å². The van der Waals surface area contributed by atoms with Crippen molar-refractivity contribution in [3.63, 3.8) is 0 Å². The van der Waals surface area contributed by atoms with E-state index in [1.807, 2.05) is 6.92 Å². The number of halogens is 2. The van der Waals surface area contributed by atoms with Gasteiger partial charge in [0.15, 0.2) is 5.76 Å². The highest BCUT2D eigenvalue weighted by molar-refractivity contribution is 9.10. The van der Waals surface area contributed by atoms with Gasteiger partial charge in [-0.25, -0.2) is 8.42 Å². The standard InChI is InChI=1S/C23H17BrClNO4S/c1-14-2-12-19(13-3-14)31(29,30)22-20(15-4-8-17(25)9-5-15)26(23(28)21(22)27)18-10-6-16(24)7-11-18/h2-13,20,27H,1H3/t20-/m0/s1. The van der Waals surface area contributed by atoms with E-state index in [1.54, 1.807) is 60.7 Å². The molecule has 1 heterocycles. The summed E-state index contributed by atoms with van der Waals surface area (Å²) in [5.41, 5.74) is 1.86. The smallest absolute Gasteiger partial charge is 0.295 e. The van der Waals surface area contributed by atoms with E-state index in [1.165, 1.54) is 17.0 Å². The van der Waals surface area contributed by atoms with Crippen molar-refractivity contribution in [2.24, 2.45) is 0 Å². The molecule has 0 radical (unpaired) electrons. The van der Waals surface area contributed by atoms with Gasteiger partial charge in [-0.2, -0.15) is 0 Å². The average molecular weight is 519 g/mol. The number of carbonyl (C=O) groups excluding carboxylic acids is 1. The van der Waals surface area contributed by atoms with Crippen LogP contribution in [-0.2, 0) is 14.6 Å². The van der Waals surface area contributed by atoms with Crippen molar-refractivity contribution >= 4 is 49.0 Å². The molecule has 3 aromatic rings. The van der Waals surface area contributed by atoms with E-state index in [0.717, 1.165) is 10.0 Å². The molecular formula is C23H17BrClNO4S. The SMILES string of the molecule is Cc1ccc(S(=O)(=O)C2=C(O)C(=O)N(c3ccc(Br)cc3)[C@H]2c2ccc(Cl)cc2)cc1. The van der Waals surface area contributed by atoms with Gasteiger partial charge < -0.3 is 5.11 Å². The molecule has 0 unspecified atom stereocenters. The number of anilines is 1. The van der Waals surface area contributed by atoms with Crippen molar-refractivity contribution < 1.29 is 18.3 Å². The zero-order valence-electron chi connectivity index (χ0n) is 16.3. The molecule has 1 atom stereocenters. The zero-order chi connectivity index (χ0) is 22.3. The summed E-state index contributed by atoms with van der Waals surface area (Å²) in [6.45, 7) is 1.85. The third kappa shape index (κ3) is 3.89. The highest BCUT2D eigenvalue weighted by atomic mass is 79.9. The molecule has 1 aliphatic heterocycles. The van der Waals surface area contributed by atoms with E-state index >= 15 is 0 Å². The minimum Gasteiger partial charge on any atom is -0.502 e. The van der Waals surface area contributed by atoms with Crippen LogP contribution in [0.3, 0.4) is 0 Å². The van der Waals surface area contributed by atoms with E-state index in [-0.39, 0.29) is 9.80 Å². The van der Waals surface area contributed by atoms with Crippen molar-refractivity contribution in [1.82, 2.24) is 0 Å². The number of aliphatic hydroxyl groups excluding tert-OH is 1. The summed E-state index contributed by atoms with van der Waals surface area (Å²) in [4.78, 5) is 14.0. The van der Waals surface area contributed by atoms with Gasteiger partial charge in [-0.05, 0) is 61.0 Å². The highest BCUT2D eigenvalue weighted by Crippen LogP contribution is 2.45. The first kappa shape index (κ1) is 21.6. The first-order chi connectivity index (χ1) is 14.7. The lowest BCUT2D eigenvalue weighted by molar-refractivity contribution is -0.117. The molecule has 1 N–H and O–H groups in total. The van der Waals surface area contributed by atoms with Crippen LogP contribution in [0.25, 0.3) is 0 Å². The number of hydrogen-bond donors (Lipinski definition) is 1. The highest BCUT2D eigenvalue weighted by Gasteiger charge is 2.47. The zero-order valence-corrected chi connectivity index (χ0v) is 19.4. The minimum absolute atomic E-state index is 0.00377. The normalized spacial score (nSPS) is 16.8. The summed E-state index contributed by atoms with van der Waals surface area (Å²) in [6, 6.07) is 18.6. The van der Waals surface area contributed by atoms with Crippen LogP contribution in [0.5, 0.6) is 0 Å². The minimum atomic E-state index is -4.17. The second kappa shape index (κ2) is 8.15. The molecule has 0 bridgehead atoms. The quantitative estimate of drug-likeness (QED) is 0.478. The number of rotatable bonds is 4. The molecule has 0 spiro atoms. The summed E-state index contributed by atoms with van der Waals surface area (Å²) >= 11 is 9.37. The number of sulfone groups is 1. The topological polar surface area (TPSA) is 74.7 Å². The molecule has 0 aromatic heterocycles. The Balaban J connectivity index is 1.93. The number of aryl methyl sites for hydroxylation is 1. The van der Waals surface area contributed by atoms with E-state index in [0.29, 0.717) is 16.3 Å². The lowest BCUT2D eigenvalue weighted by Crippen LogP contribution is -2.31. The lowest BCUT2D eigenvalue weighted by Gasteiger charge is -2.27. The molecular weight excluding hydrogens is 502 g/mol. The van der Waals surface area contributed by atoms with Crippen LogP contribution < -0.4 is 4.90 Å². The fourth-order valence-electron chi connectivity index (χ4n) is 3.52. The molecule has 158 valence electrons. The van der Waals surface area contributed by atoms with E-state index in [4.69, 9.17) is 11.6 Å². The average Bonchev–Trinajstić information content (AvgIpc) is 3.01. The molecule has 0 saturated carbocycles. The van der Waals surface area contributed by atoms with E-state index in [2.05, 4.69) is 15.9 Å². The van der Waals surface area contributed by atoms with Gasteiger partial charge in [0, 0.05) is 15.2 Å². The number of carbonyl (C=O) groups is 1. The Kier molecular flexibility index (Phi) is 5.68. The van der Waals surface area contributed by atoms with E-state index in [9.17, 15) is 18.3 Å². The van der Waals surface area contributed by atoms with Crippen LogP contribution in [0.15, 0.2) is 92.8 Å². The fourth-order valence-corrected chi connectivity index (χ4v) is 5.53. The Morgan fingerprint density at radius 3 is 2.10 bits per heavy atom. The first-order valence-corrected chi connectivity index (χ1v) is 11.9. The molecule has 8 heteroatoms. The van der Waals surface area contributed by atoms with Crippen molar-refractivity contribution in [3.8, 4) is 0 Å². The summed E-state index contributed by atoms with van der Waals surface area (Å²) in [7, 11) is -4.17. The molecule has 0 aliphatic carbocycles. The molecule has 1 amide bonds. The second-order valence-corrected chi connectivity index (χ2v) is 10.4. The van der Waals surface area contributed by atoms with Gasteiger partial charge in [0.05, 0.1) is 4.90 Å². The maximum atomic E-state index is 13.6. The molecule has 31 heavy (non-hydrogen) atoms. The predicted molar refractivity (Wildman–Crippen MR) is 124 cm³/mol. The molecule has 4 rings (SSSR count). The fraction of sp³-hybridized carbons (Fsp3) is 0.0870. The maximum Gasteiger partial charge on any atom is 0.295 e. The maximum absolute atomic E-state index is 13.6. The Morgan fingerprint density at radius 1 is 0.935 bits per heavy atom. The molecule has 1 aliphatic rings. The van der Waals surface area contributed by atoms with Crippen LogP contribution in [0, 0.1) is 6.92 Å². The number of benzene rings is 3. The predicted octanol–water partition coefficient (Wildman–Crippen LogP) is 5.74. The Morgan fingerprint density at radius 2 is 1.52 bits per heavy atom. The second-order valence-electron chi connectivity index (χ2n) is 7.14. The Labute approximate surface area is 193 Å². The van der Waals surface area contributed by atoms with Gasteiger partial charge in [0.25, 0.3) is 5.91 Å². The molecule has 0 saturated heterocycles. The summed E-state index contributed by atoms with van der Waals surface area (Å²) in [5.74, 6) is -1.57. The van der Waals surface area contributed by atoms with Crippen molar-refractivity contribution in [3.05, 3.63) is 104 Å². The monoisotopic (exact) mass is 517 g/mol. The van der Waals surface area contributed by atoms with Crippen LogP contribution in [0.4, 0.5) is 5.69 Å². The lowest BCUT2D eigenvalue weighted by atomic mass is 10.1. The first-order valence-electron chi connectivity index (χ1n) is 9.29. The van der Waals surface area contributed by atoms with E-state index < -0.39 is 27.5 Å². The van der Waals surface area contributed by atoms with Crippen LogP contribution in [0.2, 0.25) is 5.02 Å². The number of aliphatic hydroxyl groups is 1. The Bertz CT molecular complexity index is 1280. The summed E-state index contributed by atoms with van der Waals surface area (Å²) < 4.78 is 27.9. The largest absolute Gasteiger partial charge is 0.502 e. The summed E-state index contributed by atoms with van der Waals surface area (Å²) in [6.07, 6.45) is 0. The number of nitrogens with zero attached hydrogens (tertiary/aromatic N) is 1. The van der Waals surface area contributed by atoms with Gasteiger partial charge in [-0.15, -0.1) is 0 Å². The molecule has 0 fully saturated rings. The van der Waals surface area contributed by atoms with Crippen LogP contribution in [0.1, 0.15) is 17.2 Å². The summed E-state index contributed by atoms with van der Waals surface area (Å²) in [5, 5.41) is 11.2. The van der Waals surface area contributed by atoms with Crippen LogP contribution in [-0.4, -0.2) is 19.4 Å². The number of amides is 1. The van der Waals surface area contributed by atoms with Gasteiger partial charge >= 0.3 is 0 Å². The Hall–Kier alpha value is -2.61. The third-order valence-electron chi connectivity index (χ3n) is 5.07. The van der Waals surface area contributed by atoms with Crippen LogP contribution >= 0.6 is 27.5 Å². The molecule has 3 aromatic carbocycles. The third-order valence-corrected chi connectivity index (χ3v) is 7.74. The van der Waals surface area contributed by atoms with Gasteiger partial charge in [-0.1, -0.05) is 57.4 Å². The van der Waals surface area contributed by atoms with Crippen molar-refractivity contribution in [2.75, 3.05) is 4.90 Å². The molecule has 5 nitrogen and oxygen atoms in total. The van der Waals surface area contributed by atoms with Gasteiger partial charge in [0.1, 0.15) is 10.9 Å². The number of hydrogen-bond acceptors (Lipinski definition) is 4. The van der Waals surface area contributed by atoms with Gasteiger partial charge in [-0.3, -0.25) is 9.69 Å². The van der Waals surface area contributed by atoms with Gasteiger partial charge in [0.2, 0.25) is 9.84 Å².